The summed E-state index contributed by atoms with van der Waals surface area (Å²) >= 11 is 7.69. The zero-order chi connectivity index (χ0) is 10.9. The van der Waals surface area contributed by atoms with Gasteiger partial charge in [-0.3, -0.25) is 0 Å². The largest absolute Gasteiger partial charge is 0.384 e. The summed E-state index contributed by atoms with van der Waals surface area (Å²) in [5.41, 5.74) is 0.319. The minimum atomic E-state index is -0.673. The smallest absolute Gasteiger partial charge is 0.101 e. The van der Waals surface area contributed by atoms with Crippen LogP contribution in [0.2, 0.25) is 5.02 Å². The summed E-state index contributed by atoms with van der Waals surface area (Å²) in [5.74, 6) is 1.15. The molecule has 1 nitrogen and oxygen atoms in total. The highest BCUT2D eigenvalue weighted by molar-refractivity contribution is 8.00. The summed E-state index contributed by atoms with van der Waals surface area (Å²) in [6, 6.07) is 7.57. The number of hydrogen-bond donors (Lipinski definition) is 1. The summed E-state index contributed by atoms with van der Waals surface area (Å²) < 4.78 is 0. The first-order valence-electron chi connectivity index (χ1n) is 5.23. The molecule has 0 aliphatic carbocycles. The Labute approximate surface area is 99.8 Å². The van der Waals surface area contributed by atoms with Gasteiger partial charge in [-0.1, -0.05) is 30.7 Å². The Morgan fingerprint density at radius 3 is 2.67 bits per heavy atom. The van der Waals surface area contributed by atoms with E-state index in [1.807, 2.05) is 36.0 Å². The Hall–Kier alpha value is -0.180. The molecule has 15 heavy (non-hydrogen) atoms. The standard InChI is InChI=1S/C12H15ClOS/c1-9-12(14,7-2-8-15-9)10-3-5-11(13)6-4-10/h3-6,9,14H,2,7-8H2,1H3. The van der Waals surface area contributed by atoms with Crippen molar-refractivity contribution in [2.24, 2.45) is 0 Å². The molecule has 1 saturated heterocycles. The monoisotopic (exact) mass is 242 g/mol. The van der Waals surface area contributed by atoms with Gasteiger partial charge in [-0.25, -0.2) is 0 Å². The summed E-state index contributed by atoms with van der Waals surface area (Å²) in [4.78, 5) is 0. The van der Waals surface area contributed by atoms with Crippen LogP contribution in [0.1, 0.15) is 25.3 Å². The second kappa shape index (κ2) is 4.36. The maximum atomic E-state index is 10.6. The van der Waals surface area contributed by atoms with Crippen LogP contribution in [0.4, 0.5) is 0 Å². The molecule has 0 aromatic heterocycles. The van der Waals surface area contributed by atoms with Gasteiger partial charge in [0.1, 0.15) is 5.60 Å². The van der Waals surface area contributed by atoms with E-state index in [4.69, 9.17) is 11.6 Å². The predicted octanol–water partition coefficient (Wildman–Crippen LogP) is 3.44. The van der Waals surface area contributed by atoms with Crippen LogP contribution in [0.3, 0.4) is 0 Å². The Kier molecular flexibility index (Phi) is 3.29. The molecule has 1 aromatic rings. The average Bonchev–Trinajstić information content (AvgIpc) is 2.23. The highest BCUT2D eigenvalue weighted by Crippen LogP contribution is 2.41. The first-order valence-corrected chi connectivity index (χ1v) is 6.65. The van der Waals surface area contributed by atoms with E-state index in [9.17, 15) is 5.11 Å². The van der Waals surface area contributed by atoms with Gasteiger partial charge >= 0.3 is 0 Å². The fraction of sp³-hybridized carbons (Fsp3) is 0.500. The number of thioether (sulfide) groups is 1. The van der Waals surface area contributed by atoms with Crippen molar-refractivity contribution in [3.05, 3.63) is 34.9 Å². The molecule has 0 saturated carbocycles. The lowest BCUT2D eigenvalue weighted by Crippen LogP contribution is -2.38. The minimum Gasteiger partial charge on any atom is -0.384 e. The van der Waals surface area contributed by atoms with E-state index in [0.717, 1.165) is 29.2 Å². The molecule has 1 aliphatic heterocycles. The zero-order valence-electron chi connectivity index (χ0n) is 8.74. The average molecular weight is 243 g/mol. The SMILES string of the molecule is CC1SCCCC1(O)c1ccc(Cl)cc1. The van der Waals surface area contributed by atoms with E-state index in [2.05, 4.69) is 6.92 Å². The van der Waals surface area contributed by atoms with Crippen LogP contribution in [-0.2, 0) is 5.60 Å². The number of rotatable bonds is 1. The van der Waals surface area contributed by atoms with Gasteiger partial charge in [-0.05, 0) is 36.3 Å². The molecule has 1 fully saturated rings. The van der Waals surface area contributed by atoms with E-state index in [1.54, 1.807) is 0 Å². The summed E-state index contributed by atoms with van der Waals surface area (Å²) in [6.07, 6.45) is 1.93. The highest BCUT2D eigenvalue weighted by atomic mass is 35.5. The maximum Gasteiger partial charge on any atom is 0.101 e. The van der Waals surface area contributed by atoms with Crippen LogP contribution in [0.5, 0.6) is 0 Å². The summed E-state index contributed by atoms with van der Waals surface area (Å²) in [7, 11) is 0. The fourth-order valence-corrected chi connectivity index (χ4v) is 3.38. The molecule has 2 unspecified atom stereocenters. The van der Waals surface area contributed by atoms with Gasteiger partial charge in [0.05, 0.1) is 0 Å². The van der Waals surface area contributed by atoms with E-state index < -0.39 is 5.60 Å². The number of halogens is 1. The molecule has 82 valence electrons. The van der Waals surface area contributed by atoms with Crippen molar-refractivity contribution in [3.8, 4) is 0 Å². The molecule has 0 radical (unpaired) electrons. The maximum absolute atomic E-state index is 10.6. The Morgan fingerprint density at radius 1 is 1.40 bits per heavy atom. The molecule has 3 heteroatoms. The van der Waals surface area contributed by atoms with Crippen molar-refractivity contribution in [3.63, 3.8) is 0 Å². The van der Waals surface area contributed by atoms with Gasteiger partial charge in [-0.2, -0.15) is 11.8 Å². The van der Waals surface area contributed by atoms with Crippen LogP contribution >= 0.6 is 23.4 Å². The lowest BCUT2D eigenvalue weighted by atomic mass is 9.86. The van der Waals surface area contributed by atoms with E-state index >= 15 is 0 Å². The number of aliphatic hydroxyl groups is 1. The molecule has 1 heterocycles. The van der Waals surface area contributed by atoms with Gasteiger partial charge < -0.3 is 5.11 Å². The molecule has 1 N–H and O–H groups in total. The van der Waals surface area contributed by atoms with Crippen molar-refractivity contribution >= 4 is 23.4 Å². The van der Waals surface area contributed by atoms with Gasteiger partial charge in [-0.15, -0.1) is 0 Å². The van der Waals surface area contributed by atoms with Crippen LogP contribution in [0.25, 0.3) is 0 Å². The lowest BCUT2D eigenvalue weighted by Gasteiger charge is -2.38. The van der Waals surface area contributed by atoms with Crippen LogP contribution in [0, 0.1) is 0 Å². The third-order valence-electron chi connectivity index (χ3n) is 3.09. The van der Waals surface area contributed by atoms with E-state index in [0.29, 0.717) is 0 Å². The molecule has 0 amide bonds. The minimum absolute atomic E-state index is 0.257. The number of benzene rings is 1. The van der Waals surface area contributed by atoms with Crippen molar-refractivity contribution in [1.29, 1.82) is 0 Å². The molecule has 1 aliphatic rings. The van der Waals surface area contributed by atoms with Crippen LogP contribution in [0.15, 0.2) is 24.3 Å². The predicted molar refractivity (Wildman–Crippen MR) is 66.5 cm³/mol. The first kappa shape index (κ1) is 11.3. The molecule has 0 spiro atoms. The van der Waals surface area contributed by atoms with E-state index in [1.165, 1.54) is 0 Å². The van der Waals surface area contributed by atoms with Gasteiger partial charge in [0.25, 0.3) is 0 Å². The van der Waals surface area contributed by atoms with Gasteiger partial charge in [0, 0.05) is 10.3 Å². The second-order valence-corrected chi connectivity index (χ2v) is 5.93. The van der Waals surface area contributed by atoms with Gasteiger partial charge in [0.2, 0.25) is 0 Å². The van der Waals surface area contributed by atoms with Gasteiger partial charge in [0.15, 0.2) is 0 Å². The van der Waals surface area contributed by atoms with Crippen LogP contribution in [-0.4, -0.2) is 16.1 Å². The van der Waals surface area contributed by atoms with Crippen molar-refractivity contribution < 1.29 is 5.11 Å². The lowest BCUT2D eigenvalue weighted by molar-refractivity contribution is 0.0254. The molecule has 2 rings (SSSR count). The fourth-order valence-electron chi connectivity index (χ4n) is 2.06. The molecule has 0 bridgehead atoms. The molecule has 2 atom stereocenters. The summed E-state index contributed by atoms with van der Waals surface area (Å²) in [6.45, 7) is 2.10. The zero-order valence-corrected chi connectivity index (χ0v) is 10.3. The normalized spacial score (nSPS) is 31.5. The summed E-state index contributed by atoms with van der Waals surface area (Å²) in [5, 5.41) is 11.6. The van der Waals surface area contributed by atoms with Crippen LogP contribution < -0.4 is 0 Å². The van der Waals surface area contributed by atoms with Crippen molar-refractivity contribution in [2.75, 3.05) is 5.75 Å². The topological polar surface area (TPSA) is 20.2 Å². The van der Waals surface area contributed by atoms with Crippen molar-refractivity contribution in [1.82, 2.24) is 0 Å². The van der Waals surface area contributed by atoms with E-state index in [-0.39, 0.29) is 5.25 Å². The molecular weight excluding hydrogens is 228 g/mol. The first-order chi connectivity index (χ1) is 7.13. The van der Waals surface area contributed by atoms with Crippen molar-refractivity contribution in [2.45, 2.75) is 30.6 Å². The number of hydrogen-bond acceptors (Lipinski definition) is 2. The second-order valence-electron chi connectivity index (χ2n) is 4.05. The third-order valence-corrected chi connectivity index (χ3v) is 4.75. The quantitative estimate of drug-likeness (QED) is 0.814. The Bertz CT molecular complexity index is 338. The molecular formula is C12H15ClOS. The highest BCUT2D eigenvalue weighted by Gasteiger charge is 2.37. The molecule has 1 aromatic carbocycles. The Balaban J connectivity index is 2.30. The third kappa shape index (κ3) is 2.17. The Morgan fingerprint density at radius 2 is 2.07 bits per heavy atom.